The minimum atomic E-state index is -5.82. The second kappa shape index (κ2) is 5.80. The summed E-state index contributed by atoms with van der Waals surface area (Å²) in [6, 6.07) is 3.76. The van der Waals surface area contributed by atoms with Gasteiger partial charge < -0.3 is 0 Å². The first-order chi connectivity index (χ1) is 9.12. The van der Waals surface area contributed by atoms with E-state index in [0.29, 0.717) is 0 Å². The van der Waals surface area contributed by atoms with E-state index in [4.69, 9.17) is 0 Å². The van der Waals surface area contributed by atoms with Crippen LogP contribution in [0.5, 0.6) is 0 Å². The predicted octanol–water partition coefficient (Wildman–Crippen LogP) is 2.70. The van der Waals surface area contributed by atoms with Gasteiger partial charge in [-0.25, -0.2) is 9.97 Å². The molecular weight excluding hydrogens is 292 g/mol. The fourth-order valence-electron chi connectivity index (χ4n) is 0.978. The summed E-state index contributed by atoms with van der Waals surface area (Å²) >= 11 is 0. The van der Waals surface area contributed by atoms with Gasteiger partial charge in [-0.15, -0.1) is 0 Å². The number of alkyl halides is 6. The van der Waals surface area contributed by atoms with Crippen LogP contribution in [0, 0.1) is 0 Å². The van der Waals surface area contributed by atoms with Crippen LogP contribution >= 0.6 is 0 Å². The van der Waals surface area contributed by atoms with Crippen molar-refractivity contribution in [1.29, 1.82) is 0 Å². The van der Waals surface area contributed by atoms with Gasteiger partial charge in [-0.05, 0) is 12.1 Å². The van der Waals surface area contributed by atoms with Crippen molar-refractivity contribution >= 4 is 16.8 Å². The Morgan fingerprint density at radius 1 is 0.950 bits per heavy atom. The summed E-state index contributed by atoms with van der Waals surface area (Å²) < 4.78 is 65.3. The summed E-state index contributed by atoms with van der Waals surface area (Å²) in [4.78, 5) is 21.1. The lowest BCUT2D eigenvalue weighted by Crippen LogP contribution is -2.36. The minimum absolute atomic E-state index is 0.838. The van der Waals surface area contributed by atoms with Gasteiger partial charge in [0, 0.05) is 6.20 Å². The zero-order chi connectivity index (χ0) is 15.4. The normalized spacial score (nSPS) is 11.7. The highest BCUT2D eigenvalue weighted by Crippen LogP contribution is 2.28. The first kappa shape index (κ1) is 15.8. The zero-order valence-electron chi connectivity index (χ0n) is 9.40. The fourth-order valence-corrected chi connectivity index (χ4v) is 0.978. The van der Waals surface area contributed by atoms with Gasteiger partial charge >= 0.3 is 18.1 Å². The highest BCUT2D eigenvalue weighted by molar-refractivity contribution is 5.89. The lowest BCUT2D eigenvalue weighted by Gasteiger charge is -2.06. The summed E-state index contributed by atoms with van der Waals surface area (Å²) in [6.45, 7) is 0. The molecule has 20 heavy (non-hydrogen) atoms. The molecule has 0 aliphatic heterocycles. The third kappa shape index (κ3) is 4.44. The first-order valence-corrected chi connectivity index (χ1v) is 4.81. The molecule has 0 fully saturated rings. The van der Waals surface area contributed by atoms with Crippen LogP contribution in [0.1, 0.15) is 0 Å². The molecule has 0 N–H and O–H groups in total. The van der Waals surface area contributed by atoms with Crippen LogP contribution in [-0.4, -0.2) is 33.1 Å². The maximum absolute atomic E-state index is 10.9. The van der Waals surface area contributed by atoms with Crippen LogP contribution in [0.3, 0.4) is 0 Å². The van der Waals surface area contributed by atoms with E-state index in [1.807, 2.05) is 12.1 Å². The van der Waals surface area contributed by atoms with E-state index in [-0.39, 0.29) is 0 Å². The Labute approximate surface area is 107 Å². The molecule has 0 bridgehead atoms. The maximum atomic E-state index is 10.9. The lowest BCUT2D eigenvalue weighted by atomic mass is 10.4. The van der Waals surface area contributed by atoms with Crippen molar-refractivity contribution in [1.82, 2.24) is 15.0 Å². The van der Waals surface area contributed by atoms with Gasteiger partial charge in [0.2, 0.25) is 0 Å². The molecule has 0 unspecified atom stereocenters. The molecule has 0 saturated carbocycles. The molecule has 0 saturated heterocycles. The van der Waals surface area contributed by atoms with Gasteiger partial charge in [0.05, 0.1) is 11.7 Å². The number of aromatic nitrogens is 3. The van der Waals surface area contributed by atoms with E-state index in [0.717, 1.165) is 11.0 Å². The number of halogens is 6. The molecular formula is C10H5F6N3O. The van der Waals surface area contributed by atoms with Gasteiger partial charge in [-0.2, -0.15) is 26.3 Å². The zero-order valence-corrected chi connectivity index (χ0v) is 9.40. The number of carbonyl (C=O) groups is 1. The van der Waals surface area contributed by atoms with Gasteiger partial charge in [0.25, 0.3) is 0 Å². The van der Waals surface area contributed by atoms with Crippen molar-refractivity contribution in [2.24, 2.45) is 0 Å². The second-order valence-corrected chi connectivity index (χ2v) is 3.26. The molecule has 10 heteroatoms. The molecule has 0 aromatic carbocycles. The van der Waals surface area contributed by atoms with Crippen LogP contribution in [0.15, 0.2) is 30.9 Å². The maximum Gasteiger partial charge on any atom is 0.459 e. The molecule has 2 heterocycles. The smallest absolute Gasteiger partial charge is 0.279 e. The molecule has 2 rings (SSSR count). The Kier molecular flexibility index (Phi) is 4.58. The van der Waals surface area contributed by atoms with Gasteiger partial charge in [-0.1, -0.05) is 0 Å². The average Bonchev–Trinajstić information content (AvgIpc) is 2.37. The largest absolute Gasteiger partial charge is 0.459 e. The fraction of sp³-hybridized carbons (Fsp3) is 0.200. The molecule has 0 aliphatic carbocycles. The van der Waals surface area contributed by atoms with Crippen molar-refractivity contribution in [3.8, 4) is 0 Å². The number of nitrogens with zero attached hydrogens (tertiary/aromatic N) is 3. The molecule has 0 spiro atoms. The first-order valence-electron chi connectivity index (χ1n) is 4.81. The predicted molar refractivity (Wildman–Crippen MR) is 54.5 cm³/mol. The summed E-state index contributed by atoms with van der Waals surface area (Å²) in [7, 11) is 0. The van der Waals surface area contributed by atoms with Crippen LogP contribution in [0.25, 0.3) is 11.0 Å². The molecule has 2 aromatic rings. The number of hydrogen-bond donors (Lipinski definition) is 0. The van der Waals surface area contributed by atoms with Crippen molar-refractivity contribution in [3.63, 3.8) is 0 Å². The van der Waals surface area contributed by atoms with Crippen LogP contribution in [0.2, 0.25) is 0 Å². The van der Waals surface area contributed by atoms with E-state index in [1.54, 1.807) is 12.4 Å². The van der Waals surface area contributed by atoms with E-state index in [2.05, 4.69) is 15.0 Å². The number of pyridine rings is 1. The molecule has 0 aliphatic rings. The Balaban J connectivity index is 0.000000200. The standard InChI is InChI=1S/C7H5N3.C3F6O/c1-2-6-7(9-3-1)4-8-5-10-6;4-2(5,6)1(10)3(7,8)9/h1-5H;. The number of rotatable bonds is 0. The van der Waals surface area contributed by atoms with Gasteiger partial charge in [0.1, 0.15) is 11.8 Å². The van der Waals surface area contributed by atoms with Crippen molar-refractivity contribution < 1.29 is 31.1 Å². The number of carbonyl (C=O) groups excluding carboxylic acids is 1. The van der Waals surface area contributed by atoms with Gasteiger partial charge in [-0.3, -0.25) is 9.78 Å². The number of hydrogen-bond acceptors (Lipinski definition) is 4. The second-order valence-electron chi connectivity index (χ2n) is 3.26. The molecule has 4 nitrogen and oxygen atoms in total. The molecule has 2 aromatic heterocycles. The SMILES string of the molecule is O=C(C(F)(F)F)C(F)(F)F.c1cnc2cncnc2c1. The molecule has 0 radical (unpaired) electrons. The summed E-state index contributed by atoms with van der Waals surface area (Å²) in [5.41, 5.74) is 1.72. The Bertz CT molecular complexity index is 514. The van der Waals surface area contributed by atoms with Crippen LogP contribution in [-0.2, 0) is 4.79 Å². The quantitative estimate of drug-likeness (QED) is 0.702. The summed E-state index contributed by atoms with van der Waals surface area (Å²) in [5.74, 6) is -3.68. The van der Waals surface area contributed by atoms with Crippen LogP contribution < -0.4 is 0 Å². The Hall–Kier alpha value is -2.26. The monoisotopic (exact) mass is 297 g/mol. The molecule has 0 amide bonds. The topological polar surface area (TPSA) is 55.7 Å². The molecule has 108 valence electrons. The van der Waals surface area contributed by atoms with Crippen molar-refractivity contribution in [2.75, 3.05) is 0 Å². The summed E-state index contributed by atoms with van der Waals surface area (Å²) in [6.07, 6.45) is -6.70. The van der Waals surface area contributed by atoms with Crippen LogP contribution in [0.4, 0.5) is 26.3 Å². The number of Topliss-reactive ketones (excluding diaryl/α,β-unsaturated/α-hetero) is 1. The third-order valence-corrected chi connectivity index (χ3v) is 1.79. The number of ketones is 1. The van der Waals surface area contributed by atoms with E-state index in [9.17, 15) is 31.1 Å². The summed E-state index contributed by atoms with van der Waals surface area (Å²) in [5, 5.41) is 0. The van der Waals surface area contributed by atoms with Crippen molar-refractivity contribution in [2.45, 2.75) is 12.4 Å². The van der Waals surface area contributed by atoms with Gasteiger partial charge in [0.15, 0.2) is 0 Å². The lowest BCUT2D eigenvalue weighted by molar-refractivity contribution is -0.217. The van der Waals surface area contributed by atoms with E-state index in [1.165, 1.54) is 6.33 Å². The highest BCUT2D eigenvalue weighted by atomic mass is 19.4. The van der Waals surface area contributed by atoms with E-state index < -0.39 is 18.1 Å². The Morgan fingerprint density at radius 3 is 2.00 bits per heavy atom. The average molecular weight is 297 g/mol. The molecule has 0 atom stereocenters. The Morgan fingerprint density at radius 2 is 1.55 bits per heavy atom. The van der Waals surface area contributed by atoms with E-state index >= 15 is 0 Å². The number of fused-ring (bicyclic) bond motifs is 1. The minimum Gasteiger partial charge on any atom is -0.279 e. The third-order valence-electron chi connectivity index (χ3n) is 1.79. The highest BCUT2D eigenvalue weighted by Gasteiger charge is 2.55. The van der Waals surface area contributed by atoms with Crippen molar-refractivity contribution in [3.05, 3.63) is 30.9 Å².